The zero-order valence-electron chi connectivity index (χ0n) is 21.6. The van der Waals surface area contributed by atoms with Gasteiger partial charge in [0.1, 0.15) is 11.6 Å². The summed E-state index contributed by atoms with van der Waals surface area (Å²) < 4.78 is 14.9. The summed E-state index contributed by atoms with van der Waals surface area (Å²) in [6.45, 7) is 3.65. The lowest BCUT2D eigenvalue weighted by atomic mass is 10.0. The fourth-order valence-electron chi connectivity index (χ4n) is 5.02. The van der Waals surface area contributed by atoms with Gasteiger partial charge in [-0.05, 0) is 54.8 Å². The maximum Gasteiger partial charge on any atom is 0.318 e. The highest BCUT2D eigenvalue weighted by Crippen LogP contribution is 2.39. The van der Waals surface area contributed by atoms with E-state index in [1.165, 1.54) is 0 Å². The Labute approximate surface area is 217 Å². The summed E-state index contributed by atoms with van der Waals surface area (Å²) in [4.78, 5) is 15.7. The van der Waals surface area contributed by atoms with Crippen molar-refractivity contribution in [2.24, 2.45) is 0 Å². The summed E-state index contributed by atoms with van der Waals surface area (Å²) >= 11 is 0. The van der Waals surface area contributed by atoms with Crippen molar-refractivity contribution in [3.8, 4) is 17.3 Å². The third-order valence-corrected chi connectivity index (χ3v) is 6.78. The van der Waals surface area contributed by atoms with Gasteiger partial charge in [0.2, 0.25) is 0 Å². The fourth-order valence-corrected chi connectivity index (χ4v) is 5.02. The van der Waals surface area contributed by atoms with E-state index in [0.29, 0.717) is 19.7 Å². The first-order chi connectivity index (χ1) is 18.2. The van der Waals surface area contributed by atoms with Crippen LogP contribution in [0.4, 0.5) is 4.79 Å². The lowest BCUT2D eigenvalue weighted by Gasteiger charge is -2.31. The quantitative estimate of drug-likeness (QED) is 0.351. The lowest BCUT2D eigenvalue weighted by Crippen LogP contribution is -2.42. The van der Waals surface area contributed by atoms with Crippen molar-refractivity contribution in [1.82, 2.24) is 24.6 Å². The number of rotatable bonds is 8. The normalized spacial score (nSPS) is 14.6. The van der Waals surface area contributed by atoms with Crippen LogP contribution in [0.15, 0.2) is 72.9 Å². The number of methoxy groups -OCH3 is 2. The molecule has 0 aliphatic carbocycles. The van der Waals surface area contributed by atoms with Crippen LogP contribution in [0.2, 0.25) is 0 Å². The Balaban J connectivity index is 1.68. The number of ether oxygens (including phenoxy) is 2. The van der Waals surface area contributed by atoms with Crippen molar-refractivity contribution >= 4 is 6.03 Å². The number of aryl methyl sites for hydroxylation is 1. The minimum atomic E-state index is -0.325. The molecule has 8 nitrogen and oxygen atoms in total. The monoisotopic (exact) mass is 499 g/mol. The van der Waals surface area contributed by atoms with Crippen LogP contribution < -0.4 is 10.1 Å². The second-order valence-electron chi connectivity index (χ2n) is 9.04. The summed E-state index contributed by atoms with van der Waals surface area (Å²) in [5.74, 6) is 1.72. The van der Waals surface area contributed by atoms with Gasteiger partial charge in [-0.1, -0.05) is 37.3 Å². The number of carbonyl (C=O) groups is 1. The number of amides is 2. The number of nitrogens with zero attached hydrogens (tertiary/aromatic N) is 4. The van der Waals surface area contributed by atoms with E-state index in [9.17, 15) is 4.79 Å². The number of fused-ring (bicyclic) bond motifs is 3. The Hall–Kier alpha value is -4.04. The van der Waals surface area contributed by atoms with Crippen molar-refractivity contribution in [3.05, 3.63) is 95.4 Å². The molecule has 2 aromatic heterocycles. The molecule has 192 valence electrons. The predicted octanol–water partition coefficient (Wildman–Crippen LogP) is 4.89. The van der Waals surface area contributed by atoms with E-state index in [4.69, 9.17) is 14.6 Å². The van der Waals surface area contributed by atoms with Crippen LogP contribution in [-0.2, 0) is 17.7 Å². The van der Waals surface area contributed by atoms with Crippen LogP contribution >= 0.6 is 0 Å². The molecule has 0 saturated carbocycles. The highest BCUT2D eigenvalue weighted by Gasteiger charge is 2.36. The van der Waals surface area contributed by atoms with Crippen LogP contribution in [-0.4, -0.2) is 52.6 Å². The molecule has 1 aliphatic rings. The first-order valence-electron chi connectivity index (χ1n) is 12.7. The first kappa shape index (κ1) is 24.6. The van der Waals surface area contributed by atoms with Crippen LogP contribution in [0.1, 0.15) is 41.9 Å². The van der Waals surface area contributed by atoms with Gasteiger partial charge in [0.15, 0.2) is 0 Å². The second-order valence-corrected chi connectivity index (χ2v) is 9.04. The van der Waals surface area contributed by atoms with Crippen LogP contribution in [0.3, 0.4) is 0 Å². The van der Waals surface area contributed by atoms with Gasteiger partial charge in [0.05, 0.1) is 36.8 Å². The number of nitrogens with one attached hydrogen (secondary N) is 1. The summed E-state index contributed by atoms with van der Waals surface area (Å²) in [5, 5.41) is 8.12. The number of urea groups is 1. The molecule has 2 amide bonds. The minimum Gasteiger partial charge on any atom is -0.497 e. The third-order valence-electron chi connectivity index (χ3n) is 6.78. The van der Waals surface area contributed by atoms with Crippen molar-refractivity contribution in [2.75, 3.05) is 27.4 Å². The van der Waals surface area contributed by atoms with Gasteiger partial charge in [-0.2, -0.15) is 5.10 Å². The molecule has 8 heteroatoms. The molecule has 2 aromatic carbocycles. The largest absolute Gasteiger partial charge is 0.497 e. The molecule has 0 bridgehead atoms. The standard InChI is InChI=1S/C29H33N5O3/c1-4-25-24-20-33(29(35)30-16-10-18-36-2)27(21-11-8-14-23(19-21)37-3)26-15-9-17-32(26)28(24)34(31-25)22-12-6-5-7-13-22/h5-9,11-15,17,19,27H,4,10,16,18,20H2,1-3H3,(H,30,35)/t27-/m0/s1. The topological polar surface area (TPSA) is 73.6 Å². The SMILES string of the molecule is CCc1nn(-c2ccccc2)c2c1CN(C(=O)NCCCOC)[C@@H](c1cccc(OC)c1)c1cccn1-2. The lowest BCUT2D eigenvalue weighted by molar-refractivity contribution is 0.174. The van der Waals surface area contributed by atoms with E-state index < -0.39 is 0 Å². The average Bonchev–Trinajstić information content (AvgIpc) is 3.52. The number of hydrogen-bond acceptors (Lipinski definition) is 4. The summed E-state index contributed by atoms with van der Waals surface area (Å²) in [7, 11) is 3.33. The smallest absolute Gasteiger partial charge is 0.318 e. The molecular weight excluding hydrogens is 466 g/mol. The van der Waals surface area contributed by atoms with Gasteiger partial charge in [0, 0.05) is 32.0 Å². The third kappa shape index (κ3) is 4.72. The minimum absolute atomic E-state index is 0.126. The Morgan fingerprint density at radius 3 is 2.68 bits per heavy atom. The molecule has 0 saturated heterocycles. The van der Waals surface area contributed by atoms with E-state index in [1.54, 1.807) is 14.2 Å². The van der Waals surface area contributed by atoms with E-state index in [2.05, 4.69) is 47.3 Å². The van der Waals surface area contributed by atoms with Gasteiger partial charge < -0.3 is 24.3 Å². The molecule has 1 atom stereocenters. The zero-order chi connectivity index (χ0) is 25.8. The maximum absolute atomic E-state index is 13.8. The Morgan fingerprint density at radius 1 is 1.08 bits per heavy atom. The molecule has 1 aliphatic heterocycles. The van der Waals surface area contributed by atoms with Gasteiger partial charge in [-0.3, -0.25) is 0 Å². The molecule has 0 radical (unpaired) electrons. The molecule has 5 rings (SSSR count). The Bertz CT molecular complexity index is 1360. The Kier molecular flexibility index (Phi) is 7.28. The average molecular weight is 500 g/mol. The van der Waals surface area contributed by atoms with E-state index >= 15 is 0 Å². The van der Waals surface area contributed by atoms with Crippen molar-refractivity contribution in [1.29, 1.82) is 0 Å². The number of para-hydroxylation sites is 1. The maximum atomic E-state index is 13.8. The van der Waals surface area contributed by atoms with Crippen LogP contribution in [0.25, 0.3) is 11.5 Å². The first-order valence-corrected chi connectivity index (χ1v) is 12.7. The highest BCUT2D eigenvalue weighted by atomic mass is 16.5. The fraction of sp³-hybridized carbons (Fsp3) is 0.310. The van der Waals surface area contributed by atoms with E-state index in [1.807, 2.05) is 52.0 Å². The number of hydrogen-bond donors (Lipinski definition) is 1. The van der Waals surface area contributed by atoms with Gasteiger partial charge in [-0.25, -0.2) is 9.48 Å². The molecule has 0 fully saturated rings. The Morgan fingerprint density at radius 2 is 1.92 bits per heavy atom. The number of aromatic nitrogens is 3. The molecular formula is C29H33N5O3. The van der Waals surface area contributed by atoms with Crippen LogP contribution in [0.5, 0.6) is 5.75 Å². The van der Waals surface area contributed by atoms with Gasteiger partial charge >= 0.3 is 6.03 Å². The van der Waals surface area contributed by atoms with Gasteiger partial charge in [0.25, 0.3) is 0 Å². The van der Waals surface area contributed by atoms with Crippen molar-refractivity contribution in [2.45, 2.75) is 32.4 Å². The van der Waals surface area contributed by atoms with Gasteiger partial charge in [-0.15, -0.1) is 0 Å². The second kappa shape index (κ2) is 10.9. The molecule has 37 heavy (non-hydrogen) atoms. The summed E-state index contributed by atoms with van der Waals surface area (Å²) in [6.07, 6.45) is 3.56. The highest BCUT2D eigenvalue weighted by molar-refractivity contribution is 5.76. The predicted molar refractivity (Wildman–Crippen MR) is 143 cm³/mol. The molecule has 4 aromatic rings. The number of benzene rings is 2. The van der Waals surface area contributed by atoms with E-state index in [0.717, 1.165) is 52.6 Å². The summed E-state index contributed by atoms with van der Waals surface area (Å²) in [6, 6.07) is 21.8. The van der Waals surface area contributed by atoms with Crippen molar-refractivity contribution in [3.63, 3.8) is 0 Å². The van der Waals surface area contributed by atoms with Crippen molar-refractivity contribution < 1.29 is 14.3 Å². The van der Waals surface area contributed by atoms with E-state index in [-0.39, 0.29) is 12.1 Å². The van der Waals surface area contributed by atoms with Crippen LogP contribution in [0, 0.1) is 0 Å². The molecule has 1 N–H and O–H groups in total. The molecule has 0 unspecified atom stereocenters. The molecule has 3 heterocycles. The zero-order valence-corrected chi connectivity index (χ0v) is 21.6. The summed E-state index contributed by atoms with van der Waals surface area (Å²) in [5.41, 5.74) is 4.96. The molecule has 0 spiro atoms. The number of carbonyl (C=O) groups excluding carboxylic acids is 1.